The molecule has 3 aliphatic heterocycles. The molecule has 3 heterocycles. The Morgan fingerprint density at radius 2 is 1.81 bits per heavy atom. The van der Waals surface area contributed by atoms with Crippen LogP contribution in [0.15, 0.2) is 48.5 Å². The molecule has 7 heteroatoms. The number of halogens is 1. The average Bonchev–Trinajstić information content (AvgIpc) is 3.20. The zero-order valence-corrected chi connectivity index (χ0v) is 14.4. The molecule has 0 unspecified atom stereocenters. The zero-order valence-electron chi connectivity index (χ0n) is 14.4. The normalized spacial score (nSPS) is 31.4. The molecule has 2 aromatic rings. The molecule has 27 heavy (non-hydrogen) atoms. The van der Waals surface area contributed by atoms with Gasteiger partial charge in [0.2, 0.25) is 17.7 Å². The Morgan fingerprint density at radius 1 is 1.04 bits per heavy atom. The maximum Gasteiger partial charge on any atom is 0.250 e. The van der Waals surface area contributed by atoms with Gasteiger partial charge in [0.25, 0.3) is 0 Å². The average molecular weight is 365 g/mol. The molecule has 2 aromatic carbocycles. The molecule has 6 nitrogen and oxygen atoms in total. The summed E-state index contributed by atoms with van der Waals surface area (Å²) in [6, 6.07) is 12.2. The third kappa shape index (κ3) is 1.89. The lowest BCUT2D eigenvalue weighted by atomic mass is 9.76. The van der Waals surface area contributed by atoms with Crippen LogP contribution in [0.2, 0.25) is 0 Å². The molecule has 136 valence electrons. The summed E-state index contributed by atoms with van der Waals surface area (Å²) in [5.74, 6) is -3.35. The monoisotopic (exact) mass is 365 g/mol. The van der Waals surface area contributed by atoms with E-state index in [0.29, 0.717) is 11.3 Å². The molecular weight excluding hydrogens is 349 g/mol. The van der Waals surface area contributed by atoms with Gasteiger partial charge in [0.05, 0.1) is 17.5 Å². The highest BCUT2D eigenvalue weighted by Crippen LogP contribution is 2.53. The lowest BCUT2D eigenvalue weighted by Gasteiger charge is -2.29. The van der Waals surface area contributed by atoms with Crippen LogP contribution in [-0.4, -0.2) is 23.8 Å². The van der Waals surface area contributed by atoms with Crippen LogP contribution in [0.25, 0.3) is 0 Å². The molecule has 2 saturated heterocycles. The minimum absolute atomic E-state index is 0.188. The number of benzene rings is 2. The third-order valence-electron chi connectivity index (χ3n) is 5.84. The molecule has 0 radical (unpaired) electrons. The summed E-state index contributed by atoms with van der Waals surface area (Å²) in [4.78, 5) is 40.4. The van der Waals surface area contributed by atoms with Crippen molar-refractivity contribution in [3.05, 3.63) is 59.9 Å². The fourth-order valence-electron chi connectivity index (χ4n) is 4.79. The first kappa shape index (κ1) is 16.1. The van der Waals surface area contributed by atoms with E-state index in [9.17, 15) is 18.8 Å². The second-order valence-electron chi connectivity index (χ2n) is 7.24. The molecule has 0 saturated carbocycles. The number of amides is 3. The first-order valence-electron chi connectivity index (χ1n) is 8.77. The number of anilines is 2. The van der Waals surface area contributed by atoms with Crippen LogP contribution in [0.5, 0.6) is 0 Å². The van der Waals surface area contributed by atoms with E-state index in [1.54, 1.807) is 31.2 Å². The van der Waals surface area contributed by atoms with E-state index in [-0.39, 0.29) is 17.6 Å². The number of nitrogens with zero attached hydrogens (tertiary/aromatic N) is 1. The SMILES string of the molecule is C[C@H]1N[C@@]2(C(=O)Nc3ccccc32)[C@@H]2C(=O)N(c3cccc(F)c3)C(=O)[C@H]21. The molecule has 4 atom stereocenters. The van der Waals surface area contributed by atoms with Crippen molar-refractivity contribution in [2.45, 2.75) is 18.5 Å². The highest BCUT2D eigenvalue weighted by molar-refractivity contribution is 6.25. The molecular formula is C20H16FN3O3. The summed E-state index contributed by atoms with van der Waals surface area (Å²) >= 11 is 0. The summed E-state index contributed by atoms with van der Waals surface area (Å²) in [7, 11) is 0. The number of carbonyl (C=O) groups excluding carboxylic acids is 3. The maximum atomic E-state index is 13.7. The molecule has 5 rings (SSSR count). The van der Waals surface area contributed by atoms with Gasteiger partial charge in [-0.15, -0.1) is 0 Å². The van der Waals surface area contributed by atoms with Gasteiger partial charge in [0, 0.05) is 17.3 Å². The number of nitrogens with one attached hydrogen (secondary N) is 2. The highest BCUT2D eigenvalue weighted by atomic mass is 19.1. The predicted molar refractivity (Wildman–Crippen MR) is 95.2 cm³/mol. The predicted octanol–water partition coefficient (Wildman–Crippen LogP) is 1.77. The van der Waals surface area contributed by atoms with E-state index in [0.717, 1.165) is 11.0 Å². The molecule has 3 amide bonds. The molecule has 1 spiro atoms. The smallest absolute Gasteiger partial charge is 0.250 e. The Bertz CT molecular complexity index is 1020. The summed E-state index contributed by atoms with van der Waals surface area (Å²) in [6.07, 6.45) is 0. The Labute approximate surface area is 154 Å². The molecule has 0 aliphatic carbocycles. The van der Waals surface area contributed by atoms with Gasteiger partial charge in [-0.2, -0.15) is 0 Å². The molecule has 2 fully saturated rings. The van der Waals surface area contributed by atoms with Crippen LogP contribution >= 0.6 is 0 Å². The highest BCUT2D eigenvalue weighted by Gasteiger charge is 2.69. The van der Waals surface area contributed by atoms with Crippen molar-refractivity contribution in [2.24, 2.45) is 11.8 Å². The molecule has 2 N–H and O–H groups in total. The number of rotatable bonds is 1. The molecule has 3 aliphatic rings. The first-order valence-corrected chi connectivity index (χ1v) is 8.77. The second kappa shape index (κ2) is 5.23. The van der Waals surface area contributed by atoms with Gasteiger partial charge < -0.3 is 5.32 Å². The Hall–Kier alpha value is -3.06. The van der Waals surface area contributed by atoms with Crippen molar-refractivity contribution in [3.63, 3.8) is 0 Å². The number of hydrogen-bond donors (Lipinski definition) is 2. The van der Waals surface area contributed by atoms with Gasteiger partial charge in [0.1, 0.15) is 11.4 Å². The van der Waals surface area contributed by atoms with Crippen LogP contribution in [0, 0.1) is 17.7 Å². The van der Waals surface area contributed by atoms with Gasteiger partial charge in [-0.25, -0.2) is 9.29 Å². The second-order valence-corrected chi connectivity index (χ2v) is 7.24. The van der Waals surface area contributed by atoms with E-state index in [1.807, 2.05) is 0 Å². The van der Waals surface area contributed by atoms with Crippen molar-refractivity contribution in [1.82, 2.24) is 5.32 Å². The summed E-state index contributed by atoms with van der Waals surface area (Å²) < 4.78 is 13.7. The van der Waals surface area contributed by atoms with Gasteiger partial charge in [-0.05, 0) is 31.2 Å². The standard InChI is InChI=1S/C20H16FN3O3/c1-10-15-16(18(26)24(17(15)25)12-6-4-5-11(21)9-12)20(23-10)13-7-2-3-8-14(13)22-19(20)27/h2-10,15-16,23H,1H3,(H,22,27)/t10-,15+,16+,20-/m1/s1. The largest absolute Gasteiger partial charge is 0.324 e. The number of hydrogen-bond acceptors (Lipinski definition) is 4. The number of para-hydroxylation sites is 1. The number of carbonyl (C=O) groups is 3. The van der Waals surface area contributed by atoms with Crippen molar-refractivity contribution >= 4 is 29.1 Å². The Morgan fingerprint density at radius 3 is 2.59 bits per heavy atom. The molecule has 0 bridgehead atoms. The van der Waals surface area contributed by atoms with E-state index in [2.05, 4.69) is 10.6 Å². The minimum atomic E-state index is -1.30. The molecule has 0 aromatic heterocycles. The third-order valence-corrected chi connectivity index (χ3v) is 5.84. The summed E-state index contributed by atoms with van der Waals surface area (Å²) in [5, 5.41) is 6.05. The van der Waals surface area contributed by atoms with Gasteiger partial charge in [-0.1, -0.05) is 24.3 Å². The van der Waals surface area contributed by atoms with E-state index in [1.165, 1.54) is 18.2 Å². The van der Waals surface area contributed by atoms with E-state index in [4.69, 9.17) is 0 Å². The van der Waals surface area contributed by atoms with Crippen LogP contribution in [0.1, 0.15) is 12.5 Å². The van der Waals surface area contributed by atoms with Gasteiger partial charge >= 0.3 is 0 Å². The van der Waals surface area contributed by atoms with E-state index >= 15 is 0 Å². The Kier molecular flexibility index (Phi) is 3.13. The summed E-state index contributed by atoms with van der Waals surface area (Å²) in [5.41, 5.74) is 0.188. The topological polar surface area (TPSA) is 78.5 Å². The minimum Gasteiger partial charge on any atom is -0.324 e. The van der Waals surface area contributed by atoms with Crippen molar-refractivity contribution in [3.8, 4) is 0 Å². The van der Waals surface area contributed by atoms with Crippen LogP contribution in [0.3, 0.4) is 0 Å². The van der Waals surface area contributed by atoms with Crippen LogP contribution in [-0.2, 0) is 19.9 Å². The quantitative estimate of drug-likeness (QED) is 0.755. The van der Waals surface area contributed by atoms with Crippen LogP contribution < -0.4 is 15.5 Å². The lowest BCUT2D eigenvalue weighted by molar-refractivity contribution is -0.130. The van der Waals surface area contributed by atoms with Crippen molar-refractivity contribution in [2.75, 3.05) is 10.2 Å². The Balaban J connectivity index is 1.67. The maximum absolute atomic E-state index is 13.7. The number of fused-ring (bicyclic) bond motifs is 4. The lowest BCUT2D eigenvalue weighted by Crippen LogP contribution is -2.53. The number of imide groups is 1. The fraction of sp³-hybridized carbons (Fsp3) is 0.250. The fourth-order valence-corrected chi connectivity index (χ4v) is 4.79. The van der Waals surface area contributed by atoms with Crippen molar-refractivity contribution in [1.29, 1.82) is 0 Å². The summed E-state index contributed by atoms with van der Waals surface area (Å²) in [6.45, 7) is 1.79. The van der Waals surface area contributed by atoms with E-state index < -0.39 is 35.0 Å². The van der Waals surface area contributed by atoms with Crippen molar-refractivity contribution < 1.29 is 18.8 Å². The van der Waals surface area contributed by atoms with Gasteiger partial charge in [-0.3, -0.25) is 19.7 Å². The zero-order chi connectivity index (χ0) is 18.9. The van der Waals surface area contributed by atoms with Crippen LogP contribution in [0.4, 0.5) is 15.8 Å². The van der Waals surface area contributed by atoms with Gasteiger partial charge in [0.15, 0.2) is 0 Å². The first-order chi connectivity index (χ1) is 12.9.